The molecule has 2 fully saturated rings. The fraction of sp³-hybridized carbons (Fsp3) is 0.625. The number of carbonyl (C=O) groups is 1. The van der Waals surface area contributed by atoms with Crippen molar-refractivity contribution < 1.29 is 19.4 Å². The number of methoxy groups -OCH3 is 2. The average Bonchev–Trinajstić information content (AvgIpc) is 2.93. The minimum Gasteiger partial charge on any atom is -0.481 e. The van der Waals surface area contributed by atoms with Crippen LogP contribution in [0.1, 0.15) is 36.0 Å². The van der Waals surface area contributed by atoms with Gasteiger partial charge in [0.25, 0.3) is 5.91 Å². The number of likely N-dealkylation sites (tertiary alicyclic amines) is 1. The first-order chi connectivity index (χ1) is 10.6. The summed E-state index contributed by atoms with van der Waals surface area (Å²) in [7, 11) is 3.23. The predicted molar refractivity (Wildman–Crippen MR) is 79.8 cm³/mol. The summed E-state index contributed by atoms with van der Waals surface area (Å²) in [6, 6.07) is 3.26. The van der Waals surface area contributed by atoms with Crippen LogP contribution in [0.15, 0.2) is 18.3 Å². The van der Waals surface area contributed by atoms with Crippen LogP contribution in [0.25, 0.3) is 0 Å². The molecule has 1 amide bonds. The number of ether oxygens (including phenoxy) is 2. The van der Waals surface area contributed by atoms with Gasteiger partial charge in [-0.1, -0.05) is 0 Å². The lowest BCUT2D eigenvalue weighted by Gasteiger charge is -2.42. The Morgan fingerprint density at radius 3 is 3.00 bits per heavy atom. The van der Waals surface area contributed by atoms with Crippen LogP contribution in [-0.2, 0) is 4.74 Å². The third kappa shape index (κ3) is 2.46. The summed E-state index contributed by atoms with van der Waals surface area (Å²) in [6.45, 7) is 0.648. The van der Waals surface area contributed by atoms with Crippen LogP contribution in [0.4, 0.5) is 0 Å². The van der Waals surface area contributed by atoms with Gasteiger partial charge in [0, 0.05) is 31.5 Å². The molecule has 2 aliphatic rings. The normalized spacial score (nSPS) is 31.0. The minimum absolute atomic E-state index is 0.0567. The molecule has 1 aliphatic heterocycles. The molecule has 1 N–H and O–H groups in total. The number of fused-ring (bicyclic) bond motifs is 1. The van der Waals surface area contributed by atoms with E-state index >= 15 is 0 Å². The number of aliphatic hydroxyl groups excluding tert-OH is 1. The van der Waals surface area contributed by atoms with Crippen molar-refractivity contribution in [1.82, 2.24) is 9.88 Å². The van der Waals surface area contributed by atoms with E-state index < -0.39 is 0 Å². The van der Waals surface area contributed by atoms with Crippen LogP contribution in [-0.4, -0.2) is 59.4 Å². The van der Waals surface area contributed by atoms with Crippen LogP contribution in [0.5, 0.6) is 5.88 Å². The van der Waals surface area contributed by atoms with Gasteiger partial charge in [-0.05, 0) is 31.7 Å². The predicted octanol–water partition coefficient (Wildman–Crippen LogP) is 1.23. The Balaban J connectivity index is 1.86. The molecule has 1 aromatic heterocycles. The van der Waals surface area contributed by atoms with Crippen molar-refractivity contribution in [3.63, 3.8) is 0 Å². The number of rotatable bonds is 3. The van der Waals surface area contributed by atoms with Gasteiger partial charge in [0.2, 0.25) is 5.88 Å². The van der Waals surface area contributed by atoms with E-state index in [2.05, 4.69) is 4.98 Å². The third-order valence-electron chi connectivity index (χ3n) is 5.01. The smallest absolute Gasteiger partial charge is 0.254 e. The van der Waals surface area contributed by atoms with E-state index in [0.717, 1.165) is 19.3 Å². The highest BCUT2D eigenvalue weighted by molar-refractivity contribution is 5.95. The lowest BCUT2D eigenvalue weighted by atomic mass is 9.79. The molecule has 1 saturated carbocycles. The van der Waals surface area contributed by atoms with Gasteiger partial charge in [-0.2, -0.15) is 0 Å². The van der Waals surface area contributed by atoms with E-state index in [9.17, 15) is 9.90 Å². The van der Waals surface area contributed by atoms with Gasteiger partial charge in [0.15, 0.2) is 0 Å². The first-order valence-corrected chi connectivity index (χ1v) is 7.64. The molecule has 2 heterocycles. The highest BCUT2D eigenvalue weighted by Crippen LogP contribution is 2.42. The summed E-state index contributed by atoms with van der Waals surface area (Å²) in [4.78, 5) is 18.7. The molecule has 1 aromatic rings. The van der Waals surface area contributed by atoms with Gasteiger partial charge >= 0.3 is 0 Å². The second kappa shape index (κ2) is 5.85. The van der Waals surface area contributed by atoms with Crippen LogP contribution < -0.4 is 4.74 Å². The van der Waals surface area contributed by atoms with E-state index in [-0.39, 0.29) is 23.7 Å². The Labute approximate surface area is 130 Å². The number of amides is 1. The van der Waals surface area contributed by atoms with Gasteiger partial charge in [0.05, 0.1) is 24.9 Å². The summed E-state index contributed by atoms with van der Waals surface area (Å²) in [5, 5.41) is 9.99. The molecule has 120 valence electrons. The zero-order valence-electron chi connectivity index (χ0n) is 13.0. The summed E-state index contributed by atoms with van der Waals surface area (Å²) in [6.07, 6.45) is 4.11. The molecule has 3 atom stereocenters. The lowest BCUT2D eigenvalue weighted by Crippen LogP contribution is -2.52. The van der Waals surface area contributed by atoms with E-state index in [0.29, 0.717) is 24.4 Å². The quantitative estimate of drug-likeness (QED) is 0.909. The van der Waals surface area contributed by atoms with Crippen molar-refractivity contribution in [2.24, 2.45) is 0 Å². The molecule has 0 aromatic carbocycles. The molecular formula is C16H22N2O4. The van der Waals surface area contributed by atoms with E-state index in [1.807, 2.05) is 4.90 Å². The van der Waals surface area contributed by atoms with Crippen molar-refractivity contribution in [2.45, 2.75) is 43.4 Å². The van der Waals surface area contributed by atoms with Crippen molar-refractivity contribution in [1.29, 1.82) is 0 Å². The molecule has 0 unspecified atom stereocenters. The largest absolute Gasteiger partial charge is 0.481 e. The number of hydrogen-bond donors (Lipinski definition) is 1. The summed E-state index contributed by atoms with van der Waals surface area (Å²) in [5.74, 6) is 0.366. The minimum atomic E-state index is -0.367. The van der Waals surface area contributed by atoms with Gasteiger partial charge in [0.1, 0.15) is 0 Å². The second-order valence-corrected chi connectivity index (χ2v) is 6.05. The third-order valence-corrected chi connectivity index (χ3v) is 5.01. The molecule has 1 saturated heterocycles. The zero-order chi connectivity index (χ0) is 15.7. The Morgan fingerprint density at radius 2 is 2.27 bits per heavy atom. The number of aromatic nitrogens is 1. The first-order valence-electron chi connectivity index (χ1n) is 7.64. The van der Waals surface area contributed by atoms with Crippen LogP contribution >= 0.6 is 0 Å². The number of carbonyl (C=O) groups excluding carboxylic acids is 1. The zero-order valence-corrected chi connectivity index (χ0v) is 13.0. The van der Waals surface area contributed by atoms with Crippen molar-refractivity contribution >= 4 is 5.91 Å². The molecule has 22 heavy (non-hydrogen) atoms. The Bertz CT molecular complexity index is 565. The molecule has 6 heteroatoms. The van der Waals surface area contributed by atoms with E-state index in [1.165, 1.54) is 7.11 Å². The molecule has 0 radical (unpaired) electrons. The molecule has 3 rings (SSSR count). The number of nitrogens with zero attached hydrogens (tertiary/aromatic N) is 2. The lowest BCUT2D eigenvalue weighted by molar-refractivity contribution is -0.0824. The molecule has 0 bridgehead atoms. The molecule has 6 nitrogen and oxygen atoms in total. The highest BCUT2D eigenvalue weighted by atomic mass is 16.5. The summed E-state index contributed by atoms with van der Waals surface area (Å²) >= 11 is 0. The van der Waals surface area contributed by atoms with Gasteiger partial charge in [-0.3, -0.25) is 4.79 Å². The molecular weight excluding hydrogens is 284 g/mol. The average molecular weight is 306 g/mol. The fourth-order valence-electron chi connectivity index (χ4n) is 3.74. The summed E-state index contributed by atoms with van der Waals surface area (Å²) in [5.41, 5.74) is 0.241. The monoisotopic (exact) mass is 306 g/mol. The maximum absolute atomic E-state index is 12.8. The van der Waals surface area contributed by atoms with E-state index in [4.69, 9.17) is 9.47 Å². The fourth-order valence-corrected chi connectivity index (χ4v) is 3.74. The van der Waals surface area contributed by atoms with Crippen molar-refractivity contribution in [3.05, 3.63) is 23.9 Å². The standard InChI is InChI=1S/C16H22N2O4/c1-21-14-9-11(4-7-17-14)15(20)18-8-6-16(22-2)5-3-12(19)10-13(16)18/h4,7,9,12-13,19H,3,5-6,8,10H2,1-2H3/t12-,13-,16+/m0/s1. The number of pyridine rings is 1. The first kappa shape index (κ1) is 15.2. The van der Waals surface area contributed by atoms with Crippen molar-refractivity contribution in [2.75, 3.05) is 20.8 Å². The SMILES string of the molecule is COc1cc(C(=O)N2CC[C@]3(OC)CC[C@H](O)C[C@H]23)ccn1. The maximum Gasteiger partial charge on any atom is 0.254 e. The Kier molecular flexibility index (Phi) is 4.06. The maximum atomic E-state index is 12.8. The van der Waals surface area contributed by atoms with Crippen molar-refractivity contribution in [3.8, 4) is 5.88 Å². The second-order valence-electron chi connectivity index (χ2n) is 6.05. The van der Waals surface area contributed by atoms with Crippen LogP contribution in [0.3, 0.4) is 0 Å². The molecule has 1 aliphatic carbocycles. The van der Waals surface area contributed by atoms with E-state index in [1.54, 1.807) is 25.4 Å². The Morgan fingerprint density at radius 1 is 1.45 bits per heavy atom. The topological polar surface area (TPSA) is 71.9 Å². The Hall–Kier alpha value is -1.66. The van der Waals surface area contributed by atoms with Gasteiger partial charge in [-0.15, -0.1) is 0 Å². The number of hydrogen-bond acceptors (Lipinski definition) is 5. The molecule has 0 spiro atoms. The highest BCUT2D eigenvalue weighted by Gasteiger charge is 2.52. The number of aliphatic hydroxyl groups is 1. The summed E-state index contributed by atoms with van der Waals surface area (Å²) < 4.78 is 10.9. The van der Waals surface area contributed by atoms with Crippen LogP contribution in [0, 0.1) is 0 Å². The van der Waals surface area contributed by atoms with Gasteiger partial charge in [-0.25, -0.2) is 4.98 Å². The van der Waals surface area contributed by atoms with Gasteiger partial charge < -0.3 is 19.5 Å². The van der Waals surface area contributed by atoms with Crippen LogP contribution in [0.2, 0.25) is 0 Å².